The monoisotopic (exact) mass is 1490 g/mol. The topological polar surface area (TPSA) is 273 Å². The molecular weight excluding hydrogens is 1380 g/mol. The number of carbonyl (C=O) groups is 12. The summed E-state index contributed by atoms with van der Waals surface area (Å²) in [5, 5.41) is 6.02. The third kappa shape index (κ3) is 23.7. The third-order valence-corrected chi connectivity index (χ3v) is 21.7. The summed E-state index contributed by atoms with van der Waals surface area (Å²) in [6.07, 6.45) is -8.03. The number of likely N-dealkylation sites (N-methyl/N-ethyl adjacent to an activating group) is 8. The fourth-order valence-electron chi connectivity index (χ4n) is 14.3. The molecule has 102 heavy (non-hydrogen) atoms. The Labute approximate surface area is 598 Å². The van der Waals surface area contributed by atoms with Gasteiger partial charge in [0.1, 0.15) is 48.3 Å². The molecule has 580 valence electrons. The van der Waals surface area contributed by atoms with Crippen molar-refractivity contribution in [3.63, 3.8) is 0 Å². The molecule has 5 fully saturated rings. The molecule has 3 aliphatic heterocycles. The summed E-state index contributed by atoms with van der Waals surface area (Å²) in [5.74, 6) is -18.6. The molecule has 2 saturated carbocycles. The minimum absolute atomic E-state index is 0.0215. The highest BCUT2D eigenvalue weighted by Gasteiger charge is 2.50. The van der Waals surface area contributed by atoms with E-state index in [1.807, 2.05) is 0 Å². The van der Waals surface area contributed by atoms with E-state index in [2.05, 4.69) is 16.0 Å². The average Bonchev–Trinajstić information content (AvgIpc) is 0.817. The number of amides is 12. The maximum absolute atomic E-state index is 15.2. The minimum Gasteiger partial charge on any atom is -0.343 e. The van der Waals surface area contributed by atoms with E-state index in [9.17, 15) is 83.1 Å². The van der Waals surface area contributed by atoms with Crippen molar-refractivity contribution in [2.45, 2.75) is 222 Å². The van der Waals surface area contributed by atoms with Gasteiger partial charge in [-0.25, -0.2) is 8.78 Å². The minimum atomic E-state index is -5.24. The summed E-state index contributed by atoms with van der Waals surface area (Å²) < 4.78 is 115. The number of likely N-dealkylation sites (tertiary alicyclic amines) is 2. The van der Waals surface area contributed by atoms with Crippen LogP contribution >= 0.6 is 11.6 Å². The zero-order valence-electron chi connectivity index (χ0n) is 61.2. The van der Waals surface area contributed by atoms with Crippen LogP contribution in [0.5, 0.6) is 0 Å². The molecule has 34 heteroatoms. The van der Waals surface area contributed by atoms with Crippen LogP contribution < -0.4 is 16.0 Å². The molecule has 5 aliphatic rings. The Bertz CT molecular complexity index is 2950. The summed E-state index contributed by atoms with van der Waals surface area (Å²) in [6.45, 7) is 4.09. The first-order valence-electron chi connectivity index (χ1n) is 35.5. The molecule has 5 rings (SSSR count). The molecule has 3 saturated heterocycles. The highest BCUT2D eigenvalue weighted by Crippen LogP contribution is 2.44. The first-order chi connectivity index (χ1) is 47.4. The SMILES string of the molecule is CC[C@H](C)[C@@H]1NC(=O)[C@H](C)N(C)C(=O)C[C@@H](C(=O)N2CCCCC2)N(C)C(=O)[C@H](C(C)C)N(C)C(=O)[C@H](CC(F)(F)F)NC(=O)[C@H](CCN2CC(F)(F)C2)N(C)C(=O)[C@H](CCC2CCC(C(F)(F)F)C(Cl)C2)NC(=O)CN(C)C(=O)[C@H](CC2CCCCC2)N(C)C(=O)CN(C)C(=O)CN(C)C1=O. The molecule has 0 bridgehead atoms. The van der Waals surface area contributed by atoms with Gasteiger partial charge < -0.3 is 60.0 Å². The van der Waals surface area contributed by atoms with Crippen LogP contribution in [-0.2, 0) is 57.5 Å². The summed E-state index contributed by atoms with van der Waals surface area (Å²) in [5.41, 5.74) is 0. The molecule has 0 spiro atoms. The second kappa shape index (κ2) is 37.3. The zero-order valence-corrected chi connectivity index (χ0v) is 62.0. The molecule has 25 nitrogen and oxygen atoms in total. The van der Waals surface area contributed by atoms with Gasteiger partial charge in [-0.05, 0) is 94.8 Å². The number of halogens is 9. The van der Waals surface area contributed by atoms with Crippen LogP contribution in [0.1, 0.15) is 150 Å². The Kier molecular flexibility index (Phi) is 31.5. The Morgan fingerprint density at radius 2 is 1.16 bits per heavy atom. The molecule has 0 aromatic heterocycles. The summed E-state index contributed by atoms with van der Waals surface area (Å²) in [7, 11) is 9.66. The van der Waals surface area contributed by atoms with Crippen molar-refractivity contribution >= 4 is 82.5 Å². The lowest BCUT2D eigenvalue weighted by Gasteiger charge is -2.41. The van der Waals surface area contributed by atoms with E-state index >= 15 is 9.59 Å². The van der Waals surface area contributed by atoms with Gasteiger partial charge in [0.15, 0.2) is 0 Å². The lowest BCUT2D eigenvalue weighted by atomic mass is 9.78. The van der Waals surface area contributed by atoms with Crippen LogP contribution in [0.15, 0.2) is 0 Å². The van der Waals surface area contributed by atoms with Gasteiger partial charge in [-0.1, -0.05) is 66.2 Å². The predicted octanol–water partition coefficient (Wildman–Crippen LogP) is 4.72. The summed E-state index contributed by atoms with van der Waals surface area (Å²) in [4.78, 5) is 186. The van der Waals surface area contributed by atoms with Crippen LogP contribution in [-0.4, -0.2) is 301 Å². The van der Waals surface area contributed by atoms with Crippen LogP contribution in [0.4, 0.5) is 35.1 Å². The highest BCUT2D eigenvalue weighted by atomic mass is 35.5. The highest BCUT2D eigenvalue weighted by molar-refractivity contribution is 6.20. The number of hydrogen-bond donors (Lipinski definition) is 3. The Morgan fingerprint density at radius 1 is 0.578 bits per heavy atom. The van der Waals surface area contributed by atoms with Crippen molar-refractivity contribution in [2.75, 3.05) is 109 Å². The maximum Gasteiger partial charge on any atom is 0.393 e. The van der Waals surface area contributed by atoms with Crippen molar-refractivity contribution < 1.29 is 92.7 Å². The van der Waals surface area contributed by atoms with Gasteiger partial charge in [-0.15, -0.1) is 11.6 Å². The Balaban J connectivity index is 1.64. The van der Waals surface area contributed by atoms with Crippen molar-refractivity contribution in [3.8, 4) is 0 Å². The van der Waals surface area contributed by atoms with E-state index in [1.54, 1.807) is 13.8 Å². The van der Waals surface area contributed by atoms with Crippen LogP contribution in [0.25, 0.3) is 0 Å². The average molecular weight is 1490 g/mol. The van der Waals surface area contributed by atoms with E-state index in [-0.39, 0.29) is 64.1 Å². The number of nitrogens with zero attached hydrogens (tertiary/aromatic N) is 10. The lowest BCUT2D eigenvalue weighted by molar-refractivity contribution is -0.182. The first kappa shape index (κ1) is 86.0. The van der Waals surface area contributed by atoms with Gasteiger partial charge in [0.25, 0.3) is 5.92 Å². The second-order valence-corrected chi connectivity index (χ2v) is 29.9. The second-order valence-electron chi connectivity index (χ2n) is 29.4. The maximum atomic E-state index is 15.2. The van der Waals surface area contributed by atoms with Crippen LogP contribution in [0.3, 0.4) is 0 Å². The van der Waals surface area contributed by atoms with Gasteiger partial charge in [0, 0.05) is 81.4 Å². The fourth-order valence-corrected chi connectivity index (χ4v) is 14.9. The molecule has 3 unspecified atom stereocenters. The van der Waals surface area contributed by atoms with Crippen molar-refractivity contribution in [1.82, 2.24) is 64.9 Å². The van der Waals surface area contributed by atoms with E-state index in [0.29, 0.717) is 37.0 Å². The molecule has 0 radical (unpaired) electrons. The molecule has 0 aromatic carbocycles. The van der Waals surface area contributed by atoms with E-state index in [1.165, 1.54) is 65.8 Å². The van der Waals surface area contributed by atoms with Gasteiger partial charge in [0.05, 0.1) is 51.5 Å². The number of carbonyl (C=O) groups excluding carboxylic acids is 12. The van der Waals surface area contributed by atoms with E-state index in [4.69, 9.17) is 11.6 Å². The van der Waals surface area contributed by atoms with Crippen molar-refractivity contribution in [1.29, 1.82) is 0 Å². The zero-order chi connectivity index (χ0) is 76.8. The largest absolute Gasteiger partial charge is 0.393 e. The smallest absolute Gasteiger partial charge is 0.343 e. The summed E-state index contributed by atoms with van der Waals surface area (Å²) >= 11 is 6.32. The normalized spacial score (nSPS) is 29.3. The standard InChI is InChI=1S/C68H108ClF8N13O12/c1-14-41(4)56-64(101)83(8)36-54(93)81(6)37-55(94)85(10)50(32-43-21-17-15-18-22-43)62(99)82(7)35-52(91)78-47(26-24-44-23-25-45(46(69)31-44)68(75,76)77)60(97)86(11)49(27-30-89-38-66(70,71)39-89)59(96)79-48(34-67(72,73)74)61(98)88(13)57(40(2)3)65(102)87(12)51(63(100)90-28-19-16-20-29-90)33-53(92)84(9)42(5)58(95)80-56/h40-51,56-57H,14-39H2,1-13H3,(H,78,91)(H,79,96)(H,80,95)/t41-,42-,44?,45?,46?,47-,48-,49-,50-,51-,56-,57-/m0/s1. The molecule has 3 N–H and O–H groups in total. The molecule has 3 heterocycles. The molecule has 12 atom stereocenters. The summed E-state index contributed by atoms with van der Waals surface area (Å²) in [6, 6.07) is -13.5. The van der Waals surface area contributed by atoms with Crippen molar-refractivity contribution in [2.24, 2.45) is 29.6 Å². The predicted molar refractivity (Wildman–Crippen MR) is 360 cm³/mol. The van der Waals surface area contributed by atoms with Gasteiger partial charge >= 0.3 is 12.4 Å². The molecule has 12 amide bonds. The Morgan fingerprint density at radius 3 is 1.72 bits per heavy atom. The molecular formula is C68H108ClF8N13O12. The molecule has 2 aliphatic carbocycles. The van der Waals surface area contributed by atoms with Crippen LogP contribution in [0.2, 0.25) is 0 Å². The van der Waals surface area contributed by atoms with Gasteiger partial charge in [-0.3, -0.25) is 62.4 Å². The number of alkyl halides is 9. The van der Waals surface area contributed by atoms with E-state index in [0.717, 1.165) is 81.1 Å². The lowest BCUT2D eigenvalue weighted by Crippen LogP contribution is -2.62. The number of nitrogens with one attached hydrogen (secondary N) is 3. The van der Waals surface area contributed by atoms with Crippen molar-refractivity contribution in [3.05, 3.63) is 0 Å². The Hall–Kier alpha value is -6.67. The number of rotatable bonds is 13. The van der Waals surface area contributed by atoms with Gasteiger partial charge in [-0.2, -0.15) is 26.3 Å². The quantitative estimate of drug-likeness (QED) is 0.167. The first-order valence-corrected chi connectivity index (χ1v) is 35.9. The number of hydrogen-bond acceptors (Lipinski definition) is 13. The number of piperidine rings is 1. The van der Waals surface area contributed by atoms with E-state index < -0.39 is 219 Å². The van der Waals surface area contributed by atoms with Gasteiger partial charge in [0.2, 0.25) is 70.9 Å². The molecule has 0 aromatic rings. The third-order valence-electron chi connectivity index (χ3n) is 21.2. The van der Waals surface area contributed by atoms with Crippen LogP contribution in [0, 0.1) is 29.6 Å². The fraction of sp³-hybridized carbons (Fsp3) is 0.824.